The molecule has 106 valence electrons. The molecule has 2 rings (SSSR count). The molecule has 0 atom stereocenters. The topological polar surface area (TPSA) is 81.3 Å². The molecule has 6 nitrogen and oxygen atoms in total. The van der Waals surface area contributed by atoms with Gasteiger partial charge in [-0.2, -0.15) is 0 Å². The number of pyridine rings is 1. The Labute approximate surface area is 121 Å². The molecule has 20 heavy (non-hydrogen) atoms. The number of carbonyl (C=O) groups is 1. The fourth-order valence-corrected chi connectivity index (χ4v) is 2.58. The van der Waals surface area contributed by atoms with Crippen molar-refractivity contribution < 1.29 is 9.53 Å². The Balaban J connectivity index is 2.27. The number of rotatable bonds is 4. The molecule has 0 aliphatic heterocycles. The molecule has 2 heterocycles. The van der Waals surface area contributed by atoms with Crippen molar-refractivity contribution in [1.29, 1.82) is 0 Å². The van der Waals surface area contributed by atoms with Crippen molar-refractivity contribution in [3.8, 4) is 0 Å². The van der Waals surface area contributed by atoms with E-state index in [1.165, 1.54) is 7.11 Å². The molecule has 0 aromatic carbocycles. The summed E-state index contributed by atoms with van der Waals surface area (Å²) in [7, 11) is 3.20. The molecule has 0 saturated heterocycles. The number of hydrogen-bond acceptors (Lipinski definition) is 7. The highest BCUT2D eigenvalue weighted by atomic mass is 32.1. The van der Waals surface area contributed by atoms with E-state index in [-0.39, 0.29) is 5.69 Å². The van der Waals surface area contributed by atoms with Crippen molar-refractivity contribution >= 4 is 28.8 Å². The highest BCUT2D eigenvalue weighted by Crippen LogP contribution is 2.23. The Kier molecular flexibility index (Phi) is 4.19. The van der Waals surface area contributed by atoms with E-state index in [1.54, 1.807) is 29.0 Å². The van der Waals surface area contributed by atoms with Gasteiger partial charge in [-0.25, -0.2) is 14.8 Å². The van der Waals surface area contributed by atoms with Crippen LogP contribution < -0.4 is 10.6 Å². The molecular formula is C13H16N4O2S. The first-order chi connectivity index (χ1) is 9.52. The van der Waals surface area contributed by atoms with Crippen LogP contribution in [0.1, 0.15) is 21.1 Å². The average Bonchev–Trinajstić information content (AvgIpc) is 2.83. The Hall–Kier alpha value is -2.15. The predicted octanol–water partition coefficient (Wildman–Crippen LogP) is 1.85. The summed E-state index contributed by atoms with van der Waals surface area (Å²) in [5.74, 6) is 0.0781. The number of ether oxygens (including phenoxy) is 1. The molecule has 2 aromatic heterocycles. The van der Waals surface area contributed by atoms with E-state index < -0.39 is 5.97 Å². The monoisotopic (exact) mass is 292 g/mol. The van der Waals surface area contributed by atoms with Crippen molar-refractivity contribution in [3.63, 3.8) is 0 Å². The summed E-state index contributed by atoms with van der Waals surface area (Å²) in [4.78, 5) is 23.0. The average molecular weight is 292 g/mol. The fourth-order valence-electron chi connectivity index (χ4n) is 1.75. The lowest BCUT2D eigenvalue weighted by Crippen LogP contribution is -2.20. The molecule has 0 saturated carbocycles. The number of carbonyl (C=O) groups excluding carboxylic acids is 1. The first kappa shape index (κ1) is 14.3. The van der Waals surface area contributed by atoms with Crippen LogP contribution in [0.5, 0.6) is 0 Å². The first-order valence-electron chi connectivity index (χ1n) is 5.98. The molecule has 7 heteroatoms. The fraction of sp³-hybridized carbons (Fsp3) is 0.308. The van der Waals surface area contributed by atoms with E-state index in [4.69, 9.17) is 5.73 Å². The van der Waals surface area contributed by atoms with E-state index in [2.05, 4.69) is 14.7 Å². The Morgan fingerprint density at radius 3 is 2.85 bits per heavy atom. The summed E-state index contributed by atoms with van der Waals surface area (Å²) in [6, 6.07) is 3.21. The minimum atomic E-state index is -0.478. The lowest BCUT2D eigenvalue weighted by molar-refractivity contribution is 0.0594. The summed E-state index contributed by atoms with van der Waals surface area (Å²) in [5, 5.41) is 0. The molecule has 2 N–H and O–H groups in total. The zero-order valence-corrected chi connectivity index (χ0v) is 12.4. The number of nitrogens with two attached hydrogens (primary N) is 1. The van der Waals surface area contributed by atoms with Crippen LogP contribution in [-0.4, -0.2) is 30.1 Å². The standard InChI is InChI=1S/C13H16N4O2S/c1-8-11(20-7-15-8)6-17(2)12-9(14)4-5-10(16-12)13(18)19-3/h4-5,7H,6,14H2,1-3H3. The maximum absolute atomic E-state index is 11.5. The number of nitrogen functional groups attached to an aromatic ring is 1. The van der Waals surface area contributed by atoms with Gasteiger partial charge in [0.2, 0.25) is 0 Å². The third-order valence-electron chi connectivity index (χ3n) is 2.89. The van der Waals surface area contributed by atoms with Gasteiger partial charge in [0.25, 0.3) is 0 Å². The number of methoxy groups -OCH3 is 1. The quantitative estimate of drug-likeness (QED) is 0.866. The van der Waals surface area contributed by atoms with Crippen LogP contribution in [-0.2, 0) is 11.3 Å². The molecule has 0 amide bonds. The Bertz CT molecular complexity index is 627. The summed E-state index contributed by atoms with van der Waals surface area (Å²) in [5.41, 5.74) is 9.48. The van der Waals surface area contributed by atoms with E-state index in [9.17, 15) is 4.79 Å². The Morgan fingerprint density at radius 2 is 2.25 bits per heavy atom. The number of aryl methyl sites for hydroxylation is 1. The third-order valence-corrected chi connectivity index (χ3v) is 3.81. The van der Waals surface area contributed by atoms with Crippen LogP contribution in [0.25, 0.3) is 0 Å². The van der Waals surface area contributed by atoms with E-state index in [0.717, 1.165) is 10.6 Å². The van der Waals surface area contributed by atoms with E-state index in [0.29, 0.717) is 18.1 Å². The Morgan fingerprint density at radius 1 is 1.50 bits per heavy atom. The van der Waals surface area contributed by atoms with Gasteiger partial charge in [-0.15, -0.1) is 11.3 Å². The van der Waals surface area contributed by atoms with Gasteiger partial charge in [-0.05, 0) is 19.1 Å². The van der Waals surface area contributed by atoms with Crippen LogP contribution in [0.3, 0.4) is 0 Å². The zero-order chi connectivity index (χ0) is 14.7. The smallest absolute Gasteiger partial charge is 0.356 e. The number of anilines is 2. The molecular weight excluding hydrogens is 276 g/mol. The second-order valence-electron chi connectivity index (χ2n) is 4.32. The largest absolute Gasteiger partial charge is 0.464 e. The number of thiazole rings is 1. The number of aromatic nitrogens is 2. The van der Waals surface area contributed by atoms with Crippen molar-refractivity contribution in [2.45, 2.75) is 13.5 Å². The van der Waals surface area contributed by atoms with Crippen LogP contribution in [0.15, 0.2) is 17.6 Å². The van der Waals surface area contributed by atoms with Crippen LogP contribution in [0, 0.1) is 6.92 Å². The second-order valence-corrected chi connectivity index (χ2v) is 5.26. The first-order valence-corrected chi connectivity index (χ1v) is 6.85. The molecule has 0 radical (unpaired) electrons. The molecule has 2 aromatic rings. The normalized spacial score (nSPS) is 10.3. The molecule has 0 unspecified atom stereocenters. The summed E-state index contributed by atoms with van der Waals surface area (Å²) in [6.07, 6.45) is 0. The molecule has 0 bridgehead atoms. The second kappa shape index (κ2) is 5.87. The lowest BCUT2D eigenvalue weighted by Gasteiger charge is -2.19. The van der Waals surface area contributed by atoms with Crippen LogP contribution in [0.4, 0.5) is 11.5 Å². The van der Waals surface area contributed by atoms with Crippen LogP contribution >= 0.6 is 11.3 Å². The zero-order valence-electron chi connectivity index (χ0n) is 11.6. The van der Waals surface area contributed by atoms with Gasteiger partial charge in [0, 0.05) is 11.9 Å². The third kappa shape index (κ3) is 2.88. The minimum Gasteiger partial charge on any atom is -0.464 e. The molecule has 0 aliphatic carbocycles. The van der Waals surface area contributed by atoms with Crippen LogP contribution in [0.2, 0.25) is 0 Å². The maximum atomic E-state index is 11.5. The molecule has 0 spiro atoms. The molecule has 0 fully saturated rings. The van der Waals surface area contributed by atoms with Gasteiger partial charge in [0.05, 0.1) is 30.5 Å². The summed E-state index contributed by atoms with van der Waals surface area (Å²) < 4.78 is 4.67. The van der Waals surface area contributed by atoms with Gasteiger partial charge in [0.1, 0.15) is 0 Å². The number of esters is 1. The van der Waals surface area contributed by atoms with E-state index >= 15 is 0 Å². The predicted molar refractivity (Wildman–Crippen MR) is 78.9 cm³/mol. The highest BCUT2D eigenvalue weighted by molar-refractivity contribution is 7.09. The van der Waals surface area contributed by atoms with Crippen molar-refractivity contribution in [2.24, 2.45) is 0 Å². The molecule has 0 aliphatic rings. The van der Waals surface area contributed by atoms with Gasteiger partial charge in [0.15, 0.2) is 11.5 Å². The van der Waals surface area contributed by atoms with Gasteiger partial charge < -0.3 is 15.4 Å². The van der Waals surface area contributed by atoms with E-state index in [1.807, 2.05) is 18.9 Å². The summed E-state index contributed by atoms with van der Waals surface area (Å²) in [6.45, 7) is 2.60. The maximum Gasteiger partial charge on any atom is 0.356 e. The van der Waals surface area contributed by atoms with Gasteiger partial charge >= 0.3 is 5.97 Å². The SMILES string of the molecule is COC(=O)c1ccc(N)c(N(C)Cc2scnc2C)n1. The van der Waals surface area contributed by atoms with Crippen molar-refractivity contribution in [3.05, 3.63) is 33.9 Å². The van der Waals surface area contributed by atoms with Gasteiger partial charge in [-0.1, -0.05) is 0 Å². The summed E-state index contributed by atoms with van der Waals surface area (Å²) >= 11 is 1.58. The van der Waals surface area contributed by atoms with Gasteiger partial charge in [-0.3, -0.25) is 0 Å². The lowest BCUT2D eigenvalue weighted by atomic mass is 10.3. The highest BCUT2D eigenvalue weighted by Gasteiger charge is 2.14. The van der Waals surface area contributed by atoms with Crippen molar-refractivity contribution in [2.75, 3.05) is 24.8 Å². The minimum absolute atomic E-state index is 0.240. The number of nitrogens with zero attached hydrogens (tertiary/aromatic N) is 3. The van der Waals surface area contributed by atoms with Crippen molar-refractivity contribution in [1.82, 2.24) is 9.97 Å². The number of hydrogen-bond donors (Lipinski definition) is 1.